The molecule has 408 valence electrons. The predicted octanol–water partition coefficient (Wildman–Crippen LogP) is 1.56. The number of aliphatic hydroxyl groups is 2. The minimum Gasteiger partial charge on any atom is -0.396 e. The summed E-state index contributed by atoms with van der Waals surface area (Å²) in [5, 5.41) is 29.7. The van der Waals surface area contributed by atoms with Gasteiger partial charge in [-0.3, -0.25) is 48.1 Å². The highest BCUT2D eigenvalue weighted by Crippen LogP contribution is 2.33. The molecular formula is C50H85N9O12S. The van der Waals surface area contributed by atoms with E-state index < -0.39 is 84.2 Å². The number of nitrogens with two attached hydrogens (primary N) is 5. The van der Waals surface area contributed by atoms with Crippen molar-refractivity contribution in [3.05, 3.63) is 0 Å². The van der Waals surface area contributed by atoms with Crippen LogP contribution in [0.1, 0.15) is 155 Å². The molecule has 0 bridgehead atoms. The maximum Gasteiger partial charge on any atom is 0.315 e. The van der Waals surface area contributed by atoms with E-state index in [9.17, 15) is 58.2 Å². The maximum atomic E-state index is 14.1. The summed E-state index contributed by atoms with van der Waals surface area (Å²) in [5.41, 5.74) is 27.3. The Bertz CT molecular complexity index is 1830. The molecule has 5 amide bonds. The van der Waals surface area contributed by atoms with Gasteiger partial charge in [0, 0.05) is 118 Å². The zero-order valence-corrected chi connectivity index (χ0v) is 43.2. The monoisotopic (exact) mass is 1040 g/mol. The first-order chi connectivity index (χ1) is 34.3. The number of nitrogens with one attached hydrogen (secondary N) is 3. The lowest BCUT2D eigenvalue weighted by atomic mass is 9.79. The molecule has 72 heavy (non-hydrogen) atoms. The lowest BCUT2D eigenvalue weighted by Gasteiger charge is -2.23. The third kappa shape index (κ3) is 25.7. The number of carbonyl (C=O) groups excluding carboxylic acids is 10. The van der Waals surface area contributed by atoms with Crippen LogP contribution in [0, 0.1) is 35.5 Å². The van der Waals surface area contributed by atoms with Crippen molar-refractivity contribution in [3.63, 3.8) is 0 Å². The zero-order chi connectivity index (χ0) is 53.6. The Hall–Kier alpha value is -4.80. The number of Topliss-reactive ketones (excluding diaryl/α,β-unsaturated/α-hetero) is 6. The van der Waals surface area contributed by atoms with E-state index in [2.05, 4.69) is 20.9 Å². The highest BCUT2D eigenvalue weighted by atomic mass is 32.2. The SMILES string of the molecule is CC(CCC(N)=O)CC(=O)C(CCC(N)=O)CC(=O)C(CO)CC(=O)C(CCCCN)CC(=O)C(CCCN=C(N)N)CC(=O)C(CO)CC(=O)CCCCCNC(=O)CCCCC1SCC2NC(=O)NC21. The number of aliphatic imine (C=N–C) groups is 1. The van der Waals surface area contributed by atoms with Crippen molar-refractivity contribution in [1.82, 2.24) is 16.0 Å². The maximum absolute atomic E-state index is 14.1. The summed E-state index contributed by atoms with van der Waals surface area (Å²) in [4.78, 5) is 133. The number of unbranched alkanes of at least 4 members (excludes halogenated alkanes) is 4. The van der Waals surface area contributed by atoms with Crippen molar-refractivity contribution in [2.24, 2.45) is 69.2 Å². The van der Waals surface area contributed by atoms with E-state index in [4.69, 9.17) is 28.7 Å². The van der Waals surface area contributed by atoms with E-state index in [1.165, 1.54) is 0 Å². The second kappa shape index (κ2) is 35.4. The molecule has 0 aromatic heterocycles. The van der Waals surface area contributed by atoms with Gasteiger partial charge in [0.05, 0.1) is 25.3 Å². The predicted molar refractivity (Wildman–Crippen MR) is 274 cm³/mol. The number of guanidine groups is 1. The van der Waals surface area contributed by atoms with Gasteiger partial charge >= 0.3 is 6.03 Å². The van der Waals surface area contributed by atoms with Crippen LogP contribution in [0.4, 0.5) is 4.79 Å². The lowest BCUT2D eigenvalue weighted by Crippen LogP contribution is -2.36. The molecule has 2 rings (SSSR count). The molecule has 0 aromatic rings. The van der Waals surface area contributed by atoms with Crippen LogP contribution in [0.25, 0.3) is 0 Å². The summed E-state index contributed by atoms with van der Waals surface area (Å²) in [6.45, 7) is 1.37. The van der Waals surface area contributed by atoms with E-state index in [1.807, 2.05) is 11.8 Å². The number of thioether (sulfide) groups is 1. The van der Waals surface area contributed by atoms with Gasteiger partial charge in [0.25, 0.3) is 0 Å². The van der Waals surface area contributed by atoms with Crippen LogP contribution in [0.2, 0.25) is 0 Å². The van der Waals surface area contributed by atoms with Gasteiger partial charge < -0.3 is 54.8 Å². The summed E-state index contributed by atoms with van der Waals surface area (Å²) in [6.07, 6.45) is 5.32. The summed E-state index contributed by atoms with van der Waals surface area (Å²) in [5.74, 6) is -8.22. The number of hydrogen-bond acceptors (Lipinski definition) is 15. The highest BCUT2D eigenvalue weighted by Gasteiger charge is 2.42. The standard InChI is InChI=1S/C50H85N9O12S/c1-31(15-17-45(52)68)22-39(63)34(16-18-46(53)69)26-43(67)36(29-61)27-41(65)32(10-6-7-19-51)24-40(64)33(11-9-21-57-49(54)55)25-42(66)35(28-60)23-37(62)12-3-2-8-20-56-47(70)14-5-4-13-44-48-38(30-72-44)58-50(71)59-48/h31-36,38,44,48,60-61H,2-30,51H2,1H3,(H2,52,68)(H2,53,69)(H,56,70)(H4,54,55,57)(H2,58,59,71). The fraction of sp³-hybridized carbons (Fsp3) is 0.780. The summed E-state index contributed by atoms with van der Waals surface area (Å²) >= 11 is 1.85. The van der Waals surface area contributed by atoms with Gasteiger partial charge in [0.2, 0.25) is 17.7 Å². The molecule has 2 aliphatic heterocycles. The van der Waals surface area contributed by atoms with Gasteiger partial charge in [-0.25, -0.2) is 4.79 Å². The first kappa shape index (κ1) is 63.3. The highest BCUT2D eigenvalue weighted by molar-refractivity contribution is 8.00. The summed E-state index contributed by atoms with van der Waals surface area (Å²) in [6, 6.07) is 0.198. The summed E-state index contributed by atoms with van der Waals surface area (Å²) < 4.78 is 0. The van der Waals surface area contributed by atoms with Crippen LogP contribution in [-0.4, -0.2) is 131 Å². The van der Waals surface area contributed by atoms with Crippen molar-refractivity contribution in [2.75, 3.05) is 38.6 Å². The second-order valence-corrected chi connectivity index (χ2v) is 21.1. The van der Waals surface area contributed by atoms with E-state index in [0.717, 1.165) is 25.0 Å². The number of rotatable bonds is 44. The Morgan fingerprint density at radius 3 is 1.76 bits per heavy atom. The average molecular weight is 1040 g/mol. The quantitative estimate of drug-likeness (QED) is 0.0179. The molecular weight excluding hydrogens is 951 g/mol. The first-order valence-electron chi connectivity index (χ1n) is 25.9. The molecule has 2 heterocycles. The van der Waals surface area contributed by atoms with Crippen LogP contribution in [0.3, 0.4) is 0 Å². The van der Waals surface area contributed by atoms with Gasteiger partial charge in [-0.2, -0.15) is 11.8 Å². The molecule has 2 fully saturated rings. The third-order valence-corrected chi connectivity index (χ3v) is 15.2. The fourth-order valence-electron chi connectivity index (χ4n) is 9.32. The number of fused-ring (bicyclic) bond motifs is 1. The Kier molecular flexibility index (Phi) is 31.1. The molecule has 2 aliphatic rings. The van der Waals surface area contributed by atoms with Crippen LogP contribution in [0.5, 0.6) is 0 Å². The number of carbonyl (C=O) groups is 10. The molecule has 21 nitrogen and oxygen atoms in total. The Labute approximate surface area is 428 Å². The van der Waals surface area contributed by atoms with Crippen molar-refractivity contribution in [1.29, 1.82) is 0 Å². The van der Waals surface area contributed by atoms with Gasteiger partial charge in [-0.1, -0.05) is 26.2 Å². The average Bonchev–Trinajstić information content (AvgIpc) is 3.89. The molecule has 22 heteroatoms. The second-order valence-electron chi connectivity index (χ2n) is 19.8. The van der Waals surface area contributed by atoms with E-state index in [1.54, 1.807) is 6.92 Å². The van der Waals surface area contributed by atoms with Crippen LogP contribution < -0.4 is 44.6 Å². The zero-order valence-electron chi connectivity index (χ0n) is 42.4. The number of urea groups is 1. The molecule has 15 N–H and O–H groups in total. The van der Waals surface area contributed by atoms with Crippen molar-refractivity contribution >= 4 is 76.2 Å². The normalized spacial score (nSPS) is 18.6. The van der Waals surface area contributed by atoms with E-state index in [-0.39, 0.29) is 125 Å². The summed E-state index contributed by atoms with van der Waals surface area (Å²) in [7, 11) is 0. The molecule has 0 aromatic carbocycles. The number of amides is 5. The van der Waals surface area contributed by atoms with E-state index >= 15 is 0 Å². The molecule has 2 saturated heterocycles. The molecule has 0 radical (unpaired) electrons. The lowest BCUT2D eigenvalue weighted by molar-refractivity contribution is -0.136. The molecule has 9 unspecified atom stereocenters. The Morgan fingerprint density at radius 1 is 0.625 bits per heavy atom. The first-order valence-corrected chi connectivity index (χ1v) is 27.0. The van der Waals surface area contributed by atoms with Crippen LogP contribution >= 0.6 is 11.8 Å². The smallest absolute Gasteiger partial charge is 0.315 e. The van der Waals surface area contributed by atoms with Crippen molar-refractivity contribution < 1.29 is 58.2 Å². The fourth-order valence-corrected chi connectivity index (χ4v) is 10.9. The number of nitrogens with zero attached hydrogens (tertiary/aromatic N) is 1. The number of ketones is 6. The molecule has 0 aliphatic carbocycles. The Morgan fingerprint density at radius 2 is 1.17 bits per heavy atom. The molecule has 0 spiro atoms. The Balaban J connectivity index is 1.98. The van der Waals surface area contributed by atoms with Gasteiger partial charge in [-0.15, -0.1) is 0 Å². The molecule has 0 saturated carbocycles. The third-order valence-electron chi connectivity index (χ3n) is 13.7. The minimum atomic E-state index is -1.21. The van der Waals surface area contributed by atoms with Crippen LogP contribution in [0.15, 0.2) is 4.99 Å². The van der Waals surface area contributed by atoms with E-state index in [0.29, 0.717) is 69.7 Å². The van der Waals surface area contributed by atoms with Gasteiger partial charge in [0.1, 0.15) is 34.7 Å². The number of primary amides is 2. The van der Waals surface area contributed by atoms with Crippen molar-refractivity contribution in [2.45, 2.75) is 172 Å². The van der Waals surface area contributed by atoms with Gasteiger partial charge in [0.15, 0.2) is 5.96 Å². The van der Waals surface area contributed by atoms with Gasteiger partial charge in [-0.05, 0) is 76.7 Å². The topological polar surface area (TPSA) is 390 Å². The van der Waals surface area contributed by atoms with Crippen LogP contribution in [-0.2, 0) is 43.2 Å². The van der Waals surface area contributed by atoms with Crippen molar-refractivity contribution in [3.8, 4) is 0 Å². The minimum absolute atomic E-state index is 0.0128. The molecule has 9 atom stereocenters. The largest absolute Gasteiger partial charge is 0.396 e. The number of aliphatic hydroxyl groups excluding tert-OH is 2. The number of hydrogen-bond donors (Lipinski definition) is 10.